The number of sulfone groups is 1. The van der Waals surface area contributed by atoms with E-state index in [2.05, 4.69) is 10.1 Å². The number of rotatable bonds is 5. The quantitative estimate of drug-likeness (QED) is 0.791. The van der Waals surface area contributed by atoms with Crippen molar-refractivity contribution in [2.24, 2.45) is 5.73 Å². The lowest BCUT2D eigenvalue weighted by atomic mass is 10.2. The molecule has 0 spiro atoms. The van der Waals surface area contributed by atoms with Gasteiger partial charge in [-0.1, -0.05) is 18.5 Å². The Kier molecular flexibility index (Phi) is 3.81. The number of nitrogens with zero attached hydrogens (tertiary/aromatic N) is 2. The van der Waals surface area contributed by atoms with Crippen molar-refractivity contribution in [1.82, 2.24) is 10.1 Å². The first-order valence-corrected chi connectivity index (χ1v) is 6.74. The highest BCUT2D eigenvalue weighted by Crippen LogP contribution is 2.13. The topological polar surface area (TPSA) is 99.1 Å². The molecule has 0 aliphatic carbocycles. The fourth-order valence-electron chi connectivity index (χ4n) is 1.15. The second kappa shape index (κ2) is 4.71. The Morgan fingerprint density at radius 2 is 2.20 bits per heavy atom. The molecule has 0 aliphatic heterocycles. The number of nitrogens with two attached hydrogens (primary N) is 1. The summed E-state index contributed by atoms with van der Waals surface area (Å²) in [5, 5.41) is 3.56. The summed E-state index contributed by atoms with van der Waals surface area (Å²) in [5.74, 6) is 0.254. The van der Waals surface area contributed by atoms with Crippen LogP contribution in [0.5, 0.6) is 0 Å². The van der Waals surface area contributed by atoms with Crippen molar-refractivity contribution in [3.63, 3.8) is 0 Å². The monoisotopic (exact) mass is 233 g/mol. The van der Waals surface area contributed by atoms with Crippen LogP contribution in [0.1, 0.15) is 37.5 Å². The van der Waals surface area contributed by atoms with Crippen LogP contribution in [0.25, 0.3) is 0 Å². The van der Waals surface area contributed by atoms with Gasteiger partial charge in [-0.15, -0.1) is 0 Å². The summed E-state index contributed by atoms with van der Waals surface area (Å²) in [6.07, 6.45) is 2.76. The van der Waals surface area contributed by atoms with E-state index < -0.39 is 9.84 Å². The Bertz CT molecular complexity index is 413. The lowest BCUT2D eigenvalue weighted by Gasteiger charge is -2.01. The van der Waals surface area contributed by atoms with Gasteiger partial charge in [0.2, 0.25) is 5.89 Å². The smallest absolute Gasteiger partial charge is 0.243 e. The SMILES string of the molecule is CCC[C@@H](N)c1nc(CS(C)(=O)=O)no1. The zero-order valence-electron chi connectivity index (χ0n) is 8.80. The molecule has 1 atom stereocenters. The molecule has 0 unspecified atom stereocenters. The van der Waals surface area contributed by atoms with Crippen LogP contribution in [0.15, 0.2) is 4.52 Å². The highest BCUT2D eigenvalue weighted by atomic mass is 32.2. The van der Waals surface area contributed by atoms with Gasteiger partial charge in [0.1, 0.15) is 5.75 Å². The van der Waals surface area contributed by atoms with Crippen molar-refractivity contribution in [2.45, 2.75) is 31.6 Å². The minimum Gasteiger partial charge on any atom is -0.338 e. The zero-order valence-corrected chi connectivity index (χ0v) is 9.62. The Labute approximate surface area is 88.8 Å². The molecule has 15 heavy (non-hydrogen) atoms. The lowest BCUT2D eigenvalue weighted by molar-refractivity contribution is 0.345. The second-order valence-corrected chi connectivity index (χ2v) is 5.65. The van der Waals surface area contributed by atoms with Gasteiger partial charge in [0.25, 0.3) is 0 Å². The number of hydrogen-bond donors (Lipinski definition) is 1. The summed E-state index contributed by atoms with van der Waals surface area (Å²) >= 11 is 0. The van der Waals surface area contributed by atoms with Crippen LogP contribution < -0.4 is 5.73 Å². The van der Waals surface area contributed by atoms with Crippen molar-refractivity contribution in [3.05, 3.63) is 11.7 Å². The Morgan fingerprint density at radius 3 is 2.73 bits per heavy atom. The van der Waals surface area contributed by atoms with E-state index in [1.54, 1.807) is 0 Å². The molecule has 2 N–H and O–H groups in total. The van der Waals surface area contributed by atoms with Gasteiger partial charge in [-0.3, -0.25) is 0 Å². The molecule has 7 heteroatoms. The molecular weight excluding hydrogens is 218 g/mol. The van der Waals surface area contributed by atoms with E-state index in [1.807, 2.05) is 6.92 Å². The first-order chi connectivity index (χ1) is 6.92. The highest BCUT2D eigenvalue weighted by molar-refractivity contribution is 7.89. The minimum atomic E-state index is -3.13. The first-order valence-electron chi connectivity index (χ1n) is 4.68. The largest absolute Gasteiger partial charge is 0.338 e. The maximum absolute atomic E-state index is 11.0. The third-order valence-electron chi connectivity index (χ3n) is 1.79. The van der Waals surface area contributed by atoms with Gasteiger partial charge in [0, 0.05) is 6.26 Å². The van der Waals surface area contributed by atoms with Gasteiger partial charge in [-0.2, -0.15) is 4.98 Å². The molecule has 6 nitrogen and oxygen atoms in total. The molecular formula is C8H15N3O3S. The molecule has 0 amide bonds. The van der Waals surface area contributed by atoms with E-state index >= 15 is 0 Å². The first kappa shape index (κ1) is 12.1. The molecule has 0 saturated heterocycles. The van der Waals surface area contributed by atoms with E-state index in [4.69, 9.17) is 10.3 Å². The normalized spacial score (nSPS) is 14.1. The minimum absolute atomic E-state index is 0.166. The molecule has 0 aromatic carbocycles. The third kappa shape index (κ3) is 3.96. The van der Waals surface area contributed by atoms with Crippen LogP contribution in [0.4, 0.5) is 0 Å². The number of aromatic nitrogens is 2. The Hall–Kier alpha value is -0.950. The van der Waals surface area contributed by atoms with Crippen molar-refractivity contribution in [1.29, 1.82) is 0 Å². The lowest BCUT2D eigenvalue weighted by Crippen LogP contribution is -2.10. The molecule has 1 heterocycles. The highest BCUT2D eigenvalue weighted by Gasteiger charge is 2.16. The average Bonchev–Trinajstić information content (AvgIpc) is 2.50. The average molecular weight is 233 g/mol. The maximum atomic E-state index is 11.0. The summed E-state index contributed by atoms with van der Waals surface area (Å²) in [5.41, 5.74) is 5.74. The van der Waals surface area contributed by atoms with E-state index in [0.717, 1.165) is 19.1 Å². The van der Waals surface area contributed by atoms with Crippen LogP contribution in [0, 0.1) is 0 Å². The summed E-state index contributed by atoms with van der Waals surface area (Å²) in [6.45, 7) is 1.99. The van der Waals surface area contributed by atoms with Gasteiger partial charge in [0.05, 0.1) is 6.04 Å². The Balaban J connectivity index is 2.72. The van der Waals surface area contributed by atoms with Crippen LogP contribution >= 0.6 is 0 Å². The summed E-state index contributed by atoms with van der Waals surface area (Å²) in [4.78, 5) is 3.93. The van der Waals surface area contributed by atoms with Crippen molar-refractivity contribution < 1.29 is 12.9 Å². The van der Waals surface area contributed by atoms with Crippen LogP contribution in [-0.4, -0.2) is 24.8 Å². The van der Waals surface area contributed by atoms with Gasteiger partial charge in [-0.25, -0.2) is 8.42 Å². The standard InChI is InChI=1S/C8H15N3O3S/c1-3-4-6(9)8-10-7(11-14-8)5-15(2,12)13/h6H,3-5,9H2,1-2H3/t6-/m1/s1. The zero-order chi connectivity index (χ0) is 11.5. The molecule has 0 aliphatic rings. The number of hydrogen-bond acceptors (Lipinski definition) is 6. The summed E-state index contributed by atoms with van der Waals surface area (Å²) in [7, 11) is -3.13. The van der Waals surface area contributed by atoms with Crippen molar-refractivity contribution >= 4 is 9.84 Å². The van der Waals surface area contributed by atoms with Crippen LogP contribution in [0.3, 0.4) is 0 Å². The van der Waals surface area contributed by atoms with Gasteiger partial charge < -0.3 is 10.3 Å². The van der Waals surface area contributed by atoms with E-state index in [-0.39, 0.29) is 17.6 Å². The molecule has 0 saturated carbocycles. The summed E-state index contributed by atoms with van der Waals surface area (Å²) in [6, 6.07) is -0.309. The predicted molar refractivity (Wildman–Crippen MR) is 54.7 cm³/mol. The molecule has 0 bridgehead atoms. The molecule has 1 aromatic rings. The van der Waals surface area contributed by atoms with Gasteiger partial charge in [0.15, 0.2) is 15.7 Å². The fourth-order valence-corrected chi connectivity index (χ4v) is 1.73. The third-order valence-corrected chi connectivity index (χ3v) is 2.57. The van der Waals surface area contributed by atoms with Crippen LogP contribution in [-0.2, 0) is 15.6 Å². The second-order valence-electron chi connectivity index (χ2n) is 3.51. The molecule has 0 radical (unpaired) electrons. The van der Waals surface area contributed by atoms with Crippen molar-refractivity contribution in [2.75, 3.05) is 6.26 Å². The summed E-state index contributed by atoms with van der Waals surface area (Å²) < 4.78 is 26.8. The molecule has 86 valence electrons. The van der Waals surface area contributed by atoms with Gasteiger partial charge in [-0.05, 0) is 6.42 Å². The van der Waals surface area contributed by atoms with Crippen molar-refractivity contribution in [3.8, 4) is 0 Å². The van der Waals surface area contributed by atoms with E-state index in [0.29, 0.717) is 5.89 Å². The molecule has 1 aromatic heterocycles. The van der Waals surface area contributed by atoms with E-state index in [9.17, 15) is 8.42 Å². The predicted octanol–water partition coefficient (Wildman–Crippen LogP) is 0.414. The van der Waals surface area contributed by atoms with Gasteiger partial charge >= 0.3 is 0 Å². The maximum Gasteiger partial charge on any atom is 0.243 e. The fraction of sp³-hybridized carbons (Fsp3) is 0.750. The Morgan fingerprint density at radius 1 is 1.53 bits per heavy atom. The molecule has 0 fully saturated rings. The molecule has 1 rings (SSSR count). The van der Waals surface area contributed by atoms with Crippen LogP contribution in [0.2, 0.25) is 0 Å². The van der Waals surface area contributed by atoms with E-state index in [1.165, 1.54) is 0 Å².